The van der Waals surface area contributed by atoms with E-state index in [2.05, 4.69) is 0 Å². The molecule has 0 saturated carbocycles. The molecule has 0 rings (SSSR count). The van der Waals surface area contributed by atoms with Gasteiger partial charge in [0.15, 0.2) is 0 Å². The summed E-state index contributed by atoms with van der Waals surface area (Å²) < 4.78 is 0. The van der Waals surface area contributed by atoms with E-state index in [1.54, 1.807) is 0 Å². The molecule has 100 valence electrons. The molecule has 18 heavy (non-hydrogen) atoms. The van der Waals surface area contributed by atoms with E-state index in [9.17, 15) is 19.2 Å². The van der Waals surface area contributed by atoms with E-state index in [1.165, 1.54) is 0 Å². The first kappa shape index (κ1) is 25.0. The minimum absolute atomic E-state index is 0. The van der Waals surface area contributed by atoms with Crippen LogP contribution < -0.4 is 0 Å². The van der Waals surface area contributed by atoms with E-state index >= 15 is 0 Å². The molecule has 0 spiro atoms. The topological polar surface area (TPSA) is 181 Å². The Bertz CT molecular complexity index is 278. The molecule has 0 aliphatic carbocycles. The molecule has 0 radical (unpaired) electrons. The monoisotopic (exact) mass is 298 g/mol. The number of carbonyl (C=O) groups is 4. The first-order valence-corrected chi connectivity index (χ1v) is 3.53. The number of aliphatic carboxylic acids is 4. The Balaban J connectivity index is -0.0000000980. The van der Waals surface area contributed by atoms with E-state index in [-0.39, 0.29) is 27.2 Å². The van der Waals surface area contributed by atoms with Crippen molar-refractivity contribution in [2.24, 2.45) is 0 Å². The number of rotatable bonds is 4. The minimum atomic E-state index is -1.26. The molecule has 0 aliphatic rings. The number of hydrogen-bond donors (Lipinski definition) is 4. The zero-order valence-electron chi connectivity index (χ0n) is 8.73. The van der Waals surface area contributed by atoms with E-state index < -0.39 is 23.9 Å². The van der Waals surface area contributed by atoms with Crippen LogP contribution in [0, 0.1) is 0 Å². The van der Waals surface area contributed by atoms with Crippen molar-refractivity contribution in [3.63, 3.8) is 0 Å². The van der Waals surface area contributed by atoms with Crippen molar-refractivity contribution in [1.29, 1.82) is 0 Å². The fourth-order valence-corrected chi connectivity index (χ4v) is 0.285. The Morgan fingerprint density at radius 2 is 0.667 bits per heavy atom. The van der Waals surface area contributed by atoms with Gasteiger partial charge in [0.25, 0.3) is 0 Å². The quantitative estimate of drug-likeness (QED) is 0.361. The smallest absolute Gasteiger partial charge is 0.328 e. The zero-order valence-corrected chi connectivity index (χ0v) is 10.3. The second-order valence-corrected chi connectivity index (χ2v) is 2.02. The van der Waals surface area contributed by atoms with Crippen LogP contribution in [0.4, 0.5) is 0 Å². The van der Waals surface area contributed by atoms with Crippen molar-refractivity contribution in [2.75, 3.05) is 0 Å². The van der Waals surface area contributed by atoms with Gasteiger partial charge < -0.3 is 25.9 Å². The van der Waals surface area contributed by atoms with Gasteiger partial charge in [-0.1, -0.05) is 0 Å². The van der Waals surface area contributed by atoms with E-state index in [0.29, 0.717) is 24.3 Å². The number of carboxylic acid groups (broad SMARTS) is 4. The molecule has 0 aromatic rings. The Morgan fingerprint density at radius 3 is 0.722 bits per heavy atom. The first-order valence-electron chi connectivity index (χ1n) is 3.53. The van der Waals surface area contributed by atoms with Crippen LogP contribution in [0.5, 0.6) is 0 Å². The second-order valence-electron chi connectivity index (χ2n) is 2.02. The molecular weight excluding hydrogens is 288 g/mol. The van der Waals surface area contributed by atoms with Gasteiger partial charge in [-0.05, 0) is 0 Å². The van der Waals surface area contributed by atoms with Gasteiger partial charge in [0, 0.05) is 46.0 Å². The van der Waals surface area contributed by atoms with Crippen molar-refractivity contribution in [3.05, 3.63) is 24.3 Å². The van der Waals surface area contributed by atoms with Gasteiger partial charge in [-0.25, -0.2) is 19.2 Å². The van der Waals surface area contributed by atoms with Crippen molar-refractivity contribution >= 4 is 23.9 Å². The summed E-state index contributed by atoms with van der Waals surface area (Å²) in [5.74, 6) is -5.03. The summed E-state index contributed by atoms with van der Waals surface area (Å²) >= 11 is 0. The predicted octanol–water partition coefficient (Wildman–Crippen LogP) is -1.40. The number of carboxylic acids is 4. The van der Waals surface area contributed by atoms with Crippen LogP contribution in [0.2, 0.25) is 0 Å². The SMILES string of the molecule is O.O=C(O)/C=C/C(=O)O.O=C(O)/C=C/C(=O)O.[Ti]. The normalized spacial score (nSPS) is 8.44. The third-order valence-corrected chi connectivity index (χ3v) is 0.737. The summed E-state index contributed by atoms with van der Waals surface area (Å²) in [4.78, 5) is 38.2. The Labute approximate surface area is 115 Å². The van der Waals surface area contributed by atoms with Crippen LogP contribution in [0.15, 0.2) is 24.3 Å². The molecule has 0 saturated heterocycles. The molecule has 0 atom stereocenters. The van der Waals surface area contributed by atoms with Crippen LogP contribution in [-0.4, -0.2) is 49.8 Å². The fraction of sp³-hybridized carbons (Fsp3) is 0. The van der Waals surface area contributed by atoms with Crippen LogP contribution in [0.1, 0.15) is 0 Å². The largest absolute Gasteiger partial charge is 0.478 e. The van der Waals surface area contributed by atoms with Gasteiger partial charge in [0.05, 0.1) is 0 Å². The summed E-state index contributed by atoms with van der Waals surface area (Å²) in [6.07, 6.45) is 2.23. The van der Waals surface area contributed by atoms with Gasteiger partial charge in [-0.3, -0.25) is 0 Å². The summed E-state index contributed by atoms with van der Waals surface area (Å²) in [5, 5.41) is 31.2. The van der Waals surface area contributed by atoms with E-state index in [4.69, 9.17) is 20.4 Å². The zero-order chi connectivity index (χ0) is 13.1. The molecule has 0 unspecified atom stereocenters. The molecule has 0 aromatic heterocycles. The van der Waals surface area contributed by atoms with Crippen molar-refractivity contribution in [2.45, 2.75) is 0 Å². The molecule has 9 nitrogen and oxygen atoms in total. The third kappa shape index (κ3) is 36.9. The summed E-state index contributed by atoms with van der Waals surface area (Å²) in [6, 6.07) is 0. The van der Waals surface area contributed by atoms with Gasteiger partial charge >= 0.3 is 23.9 Å². The maximum atomic E-state index is 9.55. The minimum Gasteiger partial charge on any atom is -0.478 e. The third-order valence-electron chi connectivity index (χ3n) is 0.737. The molecule has 0 aliphatic heterocycles. The Kier molecular flexibility index (Phi) is 20.9. The van der Waals surface area contributed by atoms with Gasteiger partial charge in [-0.2, -0.15) is 0 Å². The van der Waals surface area contributed by atoms with Crippen molar-refractivity contribution < 1.29 is 66.8 Å². The summed E-state index contributed by atoms with van der Waals surface area (Å²) in [5.41, 5.74) is 0. The van der Waals surface area contributed by atoms with Crippen LogP contribution in [0.3, 0.4) is 0 Å². The average molecular weight is 298 g/mol. The number of hydrogen-bond acceptors (Lipinski definition) is 4. The van der Waals surface area contributed by atoms with Crippen LogP contribution in [0.25, 0.3) is 0 Å². The standard InChI is InChI=1S/2C4H4O4.H2O.Ti/c2*5-3(6)1-2-4(7)8;;/h2*1-2H,(H,5,6)(H,7,8);1H2;/b2*2-1+;;. The molecule has 0 bridgehead atoms. The Morgan fingerprint density at radius 1 is 0.556 bits per heavy atom. The average Bonchev–Trinajstić information content (AvgIpc) is 2.12. The Hall–Kier alpha value is -1.97. The fourth-order valence-electron chi connectivity index (χ4n) is 0.285. The molecule has 0 amide bonds. The van der Waals surface area contributed by atoms with E-state index in [0.717, 1.165) is 0 Å². The van der Waals surface area contributed by atoms with Gasteiger partial charge in [0.1, 0.15) is 0 Å². The maximum Gasteiger partial charge on any atom is 0.328 e. The van der Waals surface area contributed by atoms with Gasteiger partial charge in [0.2, 0.25) is 0 Å². The van der Waals surface area contributed by atoms with Gasteiger partial charge in [-0.15, -0.1) is 0 Å². The van der Waals surface area contributed by atoms with Crippen molar-refractivity contribution in [3.8, 4) is 0 Å². The summed E-state index contributed by atoms with van der Waals surface area (Å²) in [6.45, 7) is 0. The maximum absolute atomic E-state index is 9.55. The predicted molar refractivity (Wildman–Crippen MR) is 52.4 cm³/mol. The van der Waals surface area contributed by atoms with Crippen molar-refractivity contribution in [1.82, 2.24) is 0 Å². The molecule has 0 fully saturated rings. The van der Waals surface area contributed by atoms with E-state index in [1.807, 2.05) is 0 Å². The molecule has 0 heterocycles. The van der Waals surface area contributed by atoms with Crippen LogP contribution in [-0.2, 0) is 40.9 Å². The molecule has 0 aromatic carbocycles. The van der Waals surface area contributed by atoms with Crippen LogP contribution >= 0.6 is 0 Å². The second kappa shape index (κ2) is 15.0. The molecule has 10 heteroatoms. The molecule has 6 N–H and O–H groups in total. The first-order chi connectivity index (χ1) is 7.25. The molecular formula is C8H10O9Ti. The summed E-state index contributed by atoms with van der Waals surface area (Å²) in [7, 11) is 0.